The van der Waals surface area contributed by atoms with E-state index in [4.69, 9.17) is 0 Å². The zero-order valence-corrected chi connectivity index (χ0v) is 17.0. The SMILES string of the molecule is Cc1cccc(C(C)C)c1NC(=O)CN1CCN(C(=O)c2cccs2)CC1. The van der Waals surface area contributed by atoms with E-state index < -0.39 is 0 Å². The average Bonchev–Trinajstić information content (AvgIpc) is 3.18. The Balaban J connectivity index is 1.54. The summed E-state index contributed by atoms with van der Waals surface area (Å²) in [6.45, 7) is 9.40. The van der Waals surface area contributed by atoms with Crippen LogP contribution in [0.1, 0.15) is 40.6 Å². The van der Waals surface area contributed by atoms with E-state index in [9.17, 15) is 9.59 Å². The van der Waals surface area contributed by atoms with Crippen molar-refractivity contribution < 1.29 is 9.59 Å². The number of piperazine rings is 1. The first-order valence-electron chi connectivity index (χ1n) is 9.40. The molecule has 2 aromatic rings. The smallest absolute Gasteiger partial charge is 0.264 e. The van der Waals surface area contributed by atoms with Crippen molar-refractivity contribution in [2.45, 2.75) is 26.7 Å². The maximum atomic E-state index is 12.6. The van der Waals surface area contributed by atoms with Gasteiger partial charge in [0.15, 0.2) is 0 Å². The summed E-state index contributed by atoms with van der Waals surface area (Å²) in [6, 6.07) is 9.89. The lowest BCUT2D eigenvalue weighted by molar-refractivity contribution is -0.117. The minimum Gasteiger partial charge on any atom is -0.335 e. The van der Waals surface area contributed by atoms with Gasteiger partial charge in [-0.05, 0) is 35.4 Å². The molecule has 0 unspecified atom stereocenters. The van der Waals surface area contributed by atoms with Crippen molar-refractivity contribution in [1.29, 1.82) is 0 Å². The number of aryl methyl sites for hydroxylation is 1. The lowest BCUT2D eigenvalue weighted by Gasteiger charge is -2.34. The highest BCUT2D eigenvalue weighted by atomic mass is 32.1. The van der Waals surface area contributed by atoms with E-state index in [1.807, 2.05) is 41.5 Å². The number of rotatable bonds is 5. The molecule has 1 N–H and O–H groups in total. The van der Waals surface area contributed by atoms with Gasteiger partial charge in [-0.2, -0.15) is 0 Å². The van der Waals surface area contributed by atoms with Gasteiger partial charge in [0.1, 0.15) is 0 Å². The number of benzene rings is 1. The number of hydrogen-bond donors (Lipinski definition) is 1. The van der Waals surface area contributed by atoms with Gasteiger partial charge < -0.3 is 10.2 Å². The molecule has 0 aliphatic carbocycles. The Labute approximate surface area is 165 Å². The van der Waals surface area contributed by atoms with E-state index >= 15 is 0 Å². The number of thiophene rings is 1. The average molecular weight is 386 g/mol. The zero-order valence-electron chi connectivity index (χ0n) is 16.2. The highest BCUT2D eigenvalue weighted by molar-refractivity contribution is 7.12. The van der Waals surface area contributed by atoms with Crippen LogP contribution in [0.3, 0.4) is 0 Å². The molecule has 1 aliphatic heterocycles. The van der Waals surface area contributed by atoms with E-state index in [1.165, 1.54) is 11.3 Å². The number of nitrogens with zero attached hydrogens (tertiary/aromatic N) is 2. The first kappa shape index (κ1) is 19.6. The van der Waals surface area contributed by atoms with E-state index in [2.05, 4.69) is 30.1 Å². The summed E-state index contributed by atoms with van der Waals surface area (Å²) >= 11 is 1.47. The molecule has 1 fully saturated rings. The summed E-state index contributed by atoms with van der Waals surface area (Å²) in [5, 5.41) is 5.03. The molecule has 1 aliphatic rings. The van der Waals surface area contributed by atoms with Gasteiger partial charge in [-0.1, -0.05) is 38.1 Å². The van der Waals surface area contributed by atoms with E-state index in [0.29, 0.717) is 25.6 Å². The maximum Gasteiger partial charge on any atom is 0.264 e. The number of carbonyl (C=O) groups excluding carboxylic acids is 2. The third kappa shape index (κ3) is 4.76. The van der Waals surface area contributed by atoms with Crippen molar-refractivity contribution in [2.75, 3.05) is 38.0 Å². The number of nitrogens with one attached hydrogen (secondary N) is 1. The second-order valence-corrected chi connectivity index (χ2v) is 8.24. The van der Waals surface area contributed by atoms with Crippen LogP contribution in [0.25, 0.3) is 0 Å². The number of anilines is 1. The fourth-order valence-corrected chi connectivity index (χ4v) is 4.08. The third-order valence-electron chi connectivity index (χ3n) is 4.95. The second-order valence-electron chi connectivity index (χ2n) is 7.29. The number of para-hydroxylation sites is 1. The van der Waals surface area contributed by atoms with Crippen molar-refractivity contribution in [3.8, 4) is 0 Å². The third-order valence-corrected chi connectivity index (χ3v) is 5.81. The molecule has 0 saturated carbocycles. The number of hydrogen-bond acceptors (Lipinski definition) is 4. The largest absolute Gasteiger partial charge is 0.335 e. The standard InChI is InChI=1S/C21H27N3O2S/c1-15(2)17-7-4-6-16(3)20(17)22-19(25)14-23-9-11-24(12-10-23)21(26)18-8-5-13-27-18/h4-8,13,15H,9-12,14H2,1-3H3,(H,22,25). The molecular formula is C21H27N3O2S. The summed E-state index contributed by atoms with van der Waals surface area (Å²) in [6.07, 6.45) is 0. The fourth-order valence-electron chi connectivity index (χ4n) is 3.39. The van der Waals surface area contributed by atoms with Crippen LogP contribution in [0.15, 0.2) is 35.7 Å². The molecule has 2 amide bonds. The minimum atomic E-state index is 0.00392. The molecule has 0 spiro atoms. The van der Waals surface area contributed by atoms with Gasteiger partial charge in [0.25, 0.3) is 5.91 Å². The summed E-state index contributed by atoms with van der Waals surface area (Å²) in [5.74, 6) is 0.451. The van der Waals surface area contributed by atoms with E-state index in [1.54, 1.807) is 0 Å². The number of amides is 2. The molecule has 0 bridgehead atoms. The Morgan fingerprint density at radius 2 is 1.85 bits per heavy atom. The lowest BCUT2D eigenvalue weighted by Crippen LogP contribution is -2.50. The highest BCUT2D eigenvalue weighted by Gasteiger charge is 2.24. The van der Waals surface area contributed by atoms with Gasteiger partial charge in [0.05, 0.1) is 11.4 Å². The summed E-state index contributed by atoms with van der Waals surface area (Å²) in [7, 11) is 0. The van der Waals surface area contributed by atoms with E-state index in [-0.39, 0.29) is 11.8 Å². The quantitative estimate of drug-likeness (QED) is 0.856. The Morgan fingerprint density at radius 1 is 1.11 bits per heavy atom. The van der Waals surface area contributed by atoms with Gasteiger partial charge in [-0.15, -0.1) is 11.3 Å². The first-order valence-corrected chi connectivity index (χ1v) is 10.3. The molecule has 1 aromatic heterocycles. The Bertz CT molecular complexity index is 794. The molecule has 2 heterocycles. The lowest BCUT2D eigenvalue weighted by atomic mass is 9.98. The van der Waals surface area contributed by atoms with Crippen LogP contribution in [0.4, 0.5) is 5.69 Å². The van der Waals surface area contributed by atoms with Crippen molar-refractivity contribution in [1.82, 2.24) is 9.80 Å². The van der Waals surface area contributed by atoms with Gasteiger partial charge >= 0.3 is 0 Å². The van der Waals surface area contributed by atoms with Gasteiger partial charge in [0.2, 0.25) is 5.91 Å². The molecule has 1 saturated heterocycles. The van der Waals surface area contributed by atoms with Crippen molar-refractivity contribution in [3.63, 3.8) is 0 Å². The Hall–Kier alpha value is -2.18. The second kappa shape index (κ2) is 8.67. The minimum absolute atomic E-state index is 0.00392. The van der Waals surface area contributed by atoms with Gasteiger partial charge in [-0.25, -0.2) is 0 Å². The predicted molar refractivity (Wildman–Crippen MR) is 111 cm³/mol. The van der Waals surface area contributed by atoms with Gasteiger partial charge in [0, 0.05) is 31.9 Å². The molecular weight excluding hydrogens is 358 g/mol. The topological polar surface area (TPSA) is 52.7 Å². The fraction of sp³-hybridized carbons (Fsp3) is 0.429. The molecule has 27 heavy (non-hydrogen) atoms. The summed E-state index contributed by atoms with van der Waals surface area (Å²) in [5.41, 5.74) is 3.18. The highest BCUT2D eigenvalue weighted by Crippen LogP contribution is 2.27. The molecule has 6 heteroatoms. The maximum absolute atomic E-state index is 12.6. The monoisotopic (exact) mass is 385 g/mol. The van der Waals surface area contributed by atoms with Gasteiger partial charge in [-0.3, -0.25) is 14.5 Å². The predicted octanol–water partition coefficient (Wildman–Crippen LogP) is 3.58. The van der Waals surface area contributed by atoms with Crippen LogP contribution in [0.5, 0.6) is 0 Å². The molecule has 144 valence electrons. The molecule has 1 aromatic carbocycles. The van der Waals surface area contributed by atoms with Crippen LogP contribution < -0.4 is 5.32 Å². The normalized spacial score (nSPS) is 15.2. The van der Waals surface area contributed by atoms with Crippen LogP contribution in [-0.2, 0) is 4.79 Å². The molecule has 0 radical (unpaired) electrons. The van der Waals surface area contributed by atoms with Crippen LogP contribution in [0, 0.1) is 6.92 Å². The van der Waals surface area contributed by atoms with Crippen LogP contribution >= 0.6 is 11.3 Å². The number of carbonyl (C=O) groups is 2. The van der Waals surface area contributed by atoms with Crippen molar-refractivity contribution in [3.05, 3.63) is 51.7 Å². The summed E-state index contributed by atoms with van der Waals surface area (Å²) < 4.78 is 0. The summed E-state index contributed by atoms with van der Waals surface area (Å²) in [4.78, 5) is 29.8. The van der Waals surface area contributed by atoms with Crippen molar-refractivity contribution >= 4 is 28.8 Å². The Morgan fingerprint density at radius 3 is 2.48 bits per heavy atom. The first-order chi connectivity index (χ1) is 13.0. The molecule has 3 rings (SSSR count). The van der Waals surface area contributed by atoms with Crippen molar-refractivity contribution in [2.24, 2.45) is 0 Å². The Kier molecular flexibility index (Phi) is 6.29. The zero-order chi connectivity index (χ0) is 19.4. The molecule has 5 nitrogen and oxygen atoms in total. The van der Waals surface area contributed by atoms with Crippen LogP contribution in [-0.4, -0.2) is 54.3 Å². The molecule has 0 atom stereocenters. The van der Waals surface area contributed by atoms with E-state index in [0.717, 1.165) is 34.8 Å². The van der Waals surface area contributed by atoms with Crippen LogP contribution in [0.2, 0.25) is 0 Å².